The van der Waals surface area contributed by atoms with Crippen LogP contribution < -0.4 is 5.73 Å². The highest BCUT2D eigenvalue weighted by molar-refractivity contribution is 6.00. The van der Waals surface area contributed by atoms with Crippen LogP contribution in [0.2, 0.25) is 0 Å². The van der Waals surface area contributed by atoms with Crippen LogP contribution in [0.25, 0.3) is 11.1 Å². The molecular weight excluding hydrogens is 212 g/mol. The molecule has 1 aromatic heterocycles. The molecule has 0 aliphatic carbocycles. The number of nitrogens with two attached hydrogens (primary N) is 1. The van der Waals surface area contributed by atoms with Gasteiger partial charge in [-0.2, -0.15) is 0 Å². The quantitative estimate of drug-likeness (QED) is 0.855. The fourth-order valence-electron chi connectivity index (χ4n) is 1.85. The smallest absolute Gasteiger partial charge is 0.251 e. The number of nitrogens with zero attached hydrogens (tertiary/aromatic N) is 1. The highest BCUT2D eigenvalue weighted by atomic mass is 16.1. The molecule has 0 fully saturated rings. The SMILES string of the molecule is Cc1ccc(-c2ccnc(C)c2C(N)=O)cc1. The maximum absolute atomic E-state index is 11.5. The Morgan fingerprint density at radius 3 is 2.35 bits per heavy atom. The Labute approximate surface area is 100 Å². The normalized spacial score (nSPS) is 10.2. The van der Waals surface area contributed by atoms with E-state index in [9.17, 15) is 4.79 Å². The van der Waals surface area contributed by atoms with Gasteiger partial charge < -0.3 is 5.73 Å². The van der Waals surface area contributed by atoms with E-state index in [2.05, 4.69) is 4.98 Å². The number of carbonyl (C=O) groups is 1. The van der Waals surface area contributed by atoms with Gasteiger partial charge in [0.1, 0.15) is 0 Å². The van der Waals surface area contributed by atoms with Gasteiger partial charge in [0.2, 0.25) is 0 Å². The molecule has 2 N–H and O–H groups in total. The van der Waals surface area contributed by atoms with E-state index in [0.29, 0.717) is 11.3 Å². The summed E-state index contributed by atoms with van der Waals surface area (Å²) in [7, 11) is 0. The molecule has 0 aliphatic heterocycles. The summed E-state index contributed by atoms with van der Waals surface area (Å²) in [5, 5.41) is 0. The number of aromatic nitrogens is 1. The van der Waals surface area contributed by atoms with Crippen LogP contribution in [0.1, 0.15) is 21.6 Å². The molecule has 3 nitrogen and oxygen atoms in total. The van der Waals surface area contributed by atoms with Crippen LogP contribution in [-0.2, 0) is 0 Å². The third-order valence-electron chi connectivity index (χ3n) is 2.75. The topological polar surface area (TPSA) is 56.0 Å². The van der Waals surface area contributed by atoms with Crippen LogP contribution >= 0.6 is 0 Å². The van der Waals surface area contributed by atoms with Gasteiger partial charge in [-0.05, 0) is 31.0 Å². The number of hydrogen-bond donors (Lipinski definition) is 1. The molecule has 0 atom stereocenters. The number of rotatable bonds is 2. The number of primary amides is 1. The number of carbonyl (C=O) groups excluding carboxylic acids is 1. The van der Waals surface area contributed by atoms with Crippen molar-refractivity contribution in [3.63, 3.8) is 0 Å². The van der Waals surface area contributed by atoms with E-state index >= 15 is 0 Å². The summed E-state index contributed by atoms with van der Waals surface area (Å²) in [6.07, 6.45) is 1.69. The minimum atomic E-state index is -0.439. The molecule has 17 heavy (non-hydrogen) atoms. The first kappa shape index (κ1) is 11.3. The highest BCUT2D eigenvalue weighted by Crippen LogP contribution is 2.24. The number of pyridine rings is 1. The van der Waals surface area contributed by atoms with Crippen LogP contribution in [0.5, 0.6) is 0 Å². The van der Waals surface area contributed by atoms with Crippen molar-refractivity contribution in [1.29, 1.82) is 0 Å². The lowest BCUT2D eigenvalue weighted by atomic mass is 9.98. The van der Waals surface area contributed by atoms with E-state index in [1.54, 1.807) is 13.1 Å². The third kappa shape index (κ3) is 2.18. The van der Waals surface area contributed by atoms with Crippen molar-refractivity contribution in [2.75, 3.05) is 0 Å². The monoisotopic (exact) mass is 226 g/mol. The van der Waals surface area contributed by atoms with Gasteiger partial charge in [-0.1, -0.05) is 29.8 Å². The first-order valence-electron chi connectivity index (χ1n) is 5.42. The zero-order chi connectivity index (χ0) is 12.4. The Balaban J connectivity index is 2.63. The first-order valence-corrected chi connectivity index (χ1v) is 5.42. The number of benzene rings is 1. The average molecular weight is 226 g/mol. The molecule has 1 aromatic carbocycles. The van der Waals surface area contributed by atoms with Gasteiger partial charge in [0.05, 0.1) is 11.3 Å². The van der Waals surface area contributed by atoms with Crippen molar-refractivity contribution in [1.82, 2.24) is 4.98 Å². The largest absolute Gasteiger partial charge is 0.366 e. The first-order chi connectivity index (χ1) is 8.09. The molecule has 3 heteroatoms. The lowest BCUT2D eigenvalue weighted by molar-refractivity contribution is 0.1000. The second kappa shape index (κ2) is 4.37. The Kier molecular flexibility index (Phi) is 2.91. The Hall–Kier alpha value is -2.16. The van der Waals surface area contributed by atoms with Crippen LogP contribution in [-0.4, -0.2) is 10.9 Å². The summed E-state index contributed by atoms with van der Waals surface area (Å²) in [4.78, 5) is 15.6. The lowest BCUT2D eigenvalue weighted by Gasteiger charge is -2.09. The predicted molar refractivity (Wildman–Crippen MR) is 67.7 cm³/mol. The fraction of sp³-hybridized carbons (Fsp3) is 0.143. The molecule has 1 amide bonds. The Morgan fingerprint density at radius 2 is 1.76 bits per heavy atom. The maximum Gasteiger partial charge on any atom is 0.251 e. The van der Waals surface area contributed by atoms with Crippen LogP contribution in [0.3, 0.4) is 0 Å². The zero-order valence-corrected chi connectivity index (χ0v) is 9.90. The van der Waals surface area contributed by atoms with Crippen molar-refractivity contribution in [2.45, 2.75) is 13.8 Å². The van der Waals surface area contributed by atoms with Crippen LogP contribution in [0, 0.1) is 13.8 Å². The molecule has 0 radical (unpaired) electrons. The standard InChI is InChI=1S/C14H14N2O/c1-9-3-5-11(6-4-9)12-7-8-16-10(2)13(12)14(15)17/h3-8H,1-2H3,(H2,15,17). The van der Waals surface area contributed by atoms with Gasteiger partial charge in [-0.25, -0.2) is 0 Å². The maximum atomic E-state index is 11.5. The van der Waals surface area contributed by atoms with Crippen molar-refractivity contribution < 1.29 is 4.79 Å². The molecule has 86 valence electrons. The van der Waals surface area contributed by atoms with Crippen molar-refractivity contribution in [3.8, 4) is 11.1 Å². The molecule has 0 bridgehead atoms. The van der Waals surface area contributed by atoms with E-state index in [-0.39, 0.29) is 0 Å². The number of aryl methyl sites for hydroxylation is 2. The van der Waals surface area contributed by atoms with Gasteiger partial charge in [0, 0.05) is 6.20 Å². The molecule has 2 aromatic rings. The van der Waals surface area contributed by atoms with Gasteiger partial charge in [0.15, 0.2) is 0 Å². The van der Waals surface area contributed by atoms with E-state index in [0.717, 1.165) is 11.1 Å². The van der Waals surface area contributed by atoms with Gasteiger partial charge >= 0.3 is 0 Å². The summed E-state index contributed by atoms with van der Waals surface area (Å²) in [5.74, 6) is -0.439. The molecule has 0 spiro atoms. The van der Waals surface area contributed by atoms with Crippen LogP contribution in [0.15, 0.2) is 36.5 Å². The minimum Gasteiger partial charge on any atom is -0.366 e. The van der Waals surface area contributed by atoms with Crippen molar-refractivity contribution >= 4 is 5.91 Å². The summed E-state index contributed by atoms with van der Waals surface area (Å²) >= 11 is 0. The Bertz CT molecular complexity index is 559. The van der Waals surface area contributed by atoms with Crippen LogP contribution in [0.4, 0.5) is 0 Å². The molecular formula is C14H14N2O. The van der Waals surface area contributed by atoms with Gasteiger partial charge in [-0.15, -0.1) is 0 Å². The minimum absolute atomic E-state index is 0.439. The van der Waals surface area contributed by atoms with E-state index in [1.165, 1.54) is 5.56 Å². The van der Waals surface area contributed by atoms with Crippen molar-refractivity contribution in [3.05, 3.63) is 53.3 Å². The van der Waals surface area contributed by atoms with E-state index in [1.807, 2.05) is 37.3 Å². The van der Waals surface area contributed by atoms with Gasteiger partial charge in [-0.3, -0.25) is 9.78 Å². The third-order valence-corrected chi connectivity index (χ3v) is 2.75. The van der Waals surface area contributed by atoms with Crippen molar-refractivity contribution in [2.24, 2.45) is 5.73 Å². The second-order valence-corrected chi connectivity index (χ2v) is 4.05. The van der Waals surface area contributed by atoms with E-state index in [4.69, 9.17) is 5.73 Å². The second-order valence-electron chi connectivity index (χ2n) is 4.05. The van der Waals surface area contributed by atoms with Gasteiger partial charge in [0.25, 0.3) is 5.91 Å². The van der Waals surface area contributed by atoms with E-state index < -0.39 is 5.91 Å². The number of hydrogen-bond acceptors (Lipinski definition) is 2. The summed E-state index contributed by atoms with van der Waals surface area (Å²) < 4.78 is 0. The molecule has 2 rings (SSSR count). The summed E-state index contributed by atoms with van der Waals surface area (Å²) in [6.45, 7) is 3.81. The predicted octanol–water partition coefficient (Wildman–Crippen LogP) is 2.46. The summed E-state index contributed by atoms with van der Waals surface area (Å²) in [5.41, 5.74) is 9.56. The summed E-state index contributed by atoms with van der Waals surface area (Å²) in [6, 6.07) is 9.80. The number of amides is 1. The Morgan fingerprint density at radius 1 is 1.12 bits per heavy atom. The highest BCUT2D eigenvalue weighted by Gasteiger charge is 2.13. The molecule has 1 heterocycles. The average Bonchev–Trinajstić information content (AvgIpc) is 2.29. The zero-order valence-electron chi connectivity index (χ0n) is 9.90. The molecule has 0 aliphatic rings. The molecule has 0 saturated heterocycles. The fourth-order valence-corrected chi connectivity index (χ4v) is 1.85. The lowest BCUT2D eigenvalue weighted by Crippen LogP contribution is -2.15. The molecule has 0 saturated carbocycles. The molecule has 0 unspecified atom stereocenters.